The molecule has 0 saturated carbocycles. The van der Waals surface area contributed by atoms with E-state index in [1.165, 1.54) is 18.3 Å². The summed E-state index contributed by atoms with van der Waals surface area (Å²) in [6.45, 7) is 6.11. The summed E-state index contributed by atoms with van der Waals surface area (Å²) in [6.07, 6.45) is 1.92. The summed E-state index contributed by atoms with van der Waals surface area (Å²) in [5, 5.41) is 9.43. The SMILES string of the molecule is CC(C)(C)C[C@@H]1N[C@@H](C(=O)Nc2cc[nH]c(=O)c2)[C@H](c2cccc(Cl)c2F)[C@]12C(=O)Nc1cc(Cl)ccc12. The molecule has 0 bridgehead atoms. The lowest BCUT2D eigenvalue weighted by atomic mass is 9.62. The molecule has 2 aromatic carbocycles. The van der Waals surface area contributed by atoms with E-state index in [9.17, 15) is 14.4 Å². The first-order chi connectivity index (χ1) is 17.9. The predicted molar refractivity (Wildman–Crippen MR) is 146 cm³/mol. The van der Waals surface area contributed by atoms with Crippen LogP contribution in [0, 0.1) is 11.2 Å². The standard InChI is InChI=1S/C28H27Cl2FN4O3/c1-27(2,3)13-20-28(17-8-7-14(29)11-19(17)34-26(28)38)22(16-5-4-6-18(30)23(16)31)24(35-20)25(37)33-15-9-10-32-21(36)12-15/h4-12,20,22,24,35H,13H2,1-3H3,(H,34,38)(H2,32,33,36,37)/t20-,22-,24+,28+/m0/s1. The van der Waals surface area contributed by atoms with Crippen LogP contribution >= 0.6 is 23.2 Å². The number of hydrogen-bond acceptors (Lipinski definition) is 4. The van der Waals surface area contributed by atoms with Gasteiger partial charge in [-0.05, 0) is 47.2 Å². The maximum atomic E-state index is 15.7. The number of pyridine rings is 1. The number of aromatic amines is 1. The molecule has 1 spiro atoms. The van der Waals surface area contributed by atoms with Gasteiger partial charge in [0.2, 0.25) is 17.4 Å². The molecule has 5 rings (SSSR count). The van der Waals surface area contributed by atoms with Crippen LogP contribution in [0.15, 0.2) is 59.5 Å². The average molecular weight is 557 g/mol. The molecule has 2 aliphatic rings. The number of halogens is 3. The van der Waals surface area contributed by atoms with Crippen molar-refractivity contribution in [2.45, 2.75) is 50.6 Å². The van der Waals surface area contributed by atoms with Crippen molar-refractivity contribution < 1.29 is 14.0 Å². The van der Waals surface area contributed by atoms with E-state index in [0.717, 1.165) is 0 Å². The Balaban J connectivity index is 1.74. The number of carbonyl (C=O) groups excluding carboxylic acids is 2. The molecule has 10 heteroatoms. The van der Waals surface area contributed by atoms with E-state index in [1.807, 2.05) is 20.8 Å². The van der Waals surface area contributed by atoms with Gasteiger partial charge in [-0.15, -0.1) is 0 Å². The molecule has 1 fully saturated rings. The predicted octanol–water partition coefficient (Wildman–Crippen LogP) is 5.21. The molecule has 38 heavy (non-hydrogen) atoms. The number of hydrogen-bond donors (Lipinski definition) is 4. The van der Waals surface area contributed by atoms with Gasteiger partial charge in [0, 0.05) is 40.6 Å². The maximum absolute atomic E-state index is 15.7. The first-order valence-electron chi connectivity index (χ1n) is 12.2. The van der Waals surface area contributed by atoms with E-state index in [1.54, 1.807) is 36.4 Å². The van der Waals surface area contributed by atoms with Crippen LogP contribution in [0.1, 0.15) is 44.2 Å². The molecule has 1 saturated heterocycles. The van der Waals surface area contributed by atoms with Crippen LogP contribution in [0.25, 0.3) is 0 Å². The number of anilines is 2. The summed E-state index contributed by atoms with van der Waals surface area (Å²) >= 11 is 12.5. The number of carbonyl (C=O) groups is 2. The summed E-state index contributed by atoms with van der Waals surface area (Å²) in [4.78, 5) is 42.3. The number of benzene rings is 2. The lowest BCUT2D eigenvalue weighted by Crippen LogP contribution is -2.49. The highest BCUT2D eigenvalue weighted by Crippen LogP contribution is 2.57. The van der Waals surface area contributed by atoms with Gasteiger partial charge >= 0.3 is 0 Å². The Labute approximate surface area is 229 Å². The van der Waals surface area contributed by atoms with Gasteiger partial charge in [0.15, 0.2) is 0 Å². The first-order valence-corrected chi connectivity index (χ1v) is 13.0. The molecule has 3 heterocycles. The molecule has 0 aliphatic carbocycles. The molecule has 2 amide bonds. The van der Waals surface area contributed by atoms with Gasteiger partial charge in [-0.3, -0.25) is 14.4 Å². The molecular weight excluding hydrogens is 530 g/mol. The van der Waals surface area contributed by atoms with Gasteiger partial charge in [0.25, 0.3) is 0 Å². The number of aromatic nitrogens is 1. The Morgan fingerprint density at radius 1 is 1.11 bits per heavy atom. The second-order valence-corrected chi connectivity index (χ2v) is 11.9. The van der Waals surface area contributed by atoms with E-state index >= 15 is 4.39 Å². The summed E-state index contributed by atoms with van der Waals surface area (Å²) in [6, 6.07) is 10.9. The highest BCUT2D eigenvalue weighted by Gasteiger charge is 2.66. The Morgan fingerprint density at radius 2 is 1.87 bits per heavy atom. The average Bonchev–Trinajstić information content (AvgIpc) is 3.29. The third-order valence-corrected chi connectivity index (χ3v) is 7.79. The number of amides is 2. The lowest BCUT2D eigenvalue weighted by molar-refractivity contribution is -0.122. The van der Waals surface area contributed by atoms with Gasteiger partial charge in [0.05, 0.1) is 11.1 Å². The minimum Gasteiger partial charge on any atom is -0.329 e. The second kappa shape index (κ2) is 9.52. The van der Waals surface area contributed by atoms with E-state index in [2.05, 4.69) is 20.9 Å². The molecule has 0 unspecified atom stereocenters. The van der Waals surface area contributed by atoms with Crippen molar-refractivity contribution >= 4 is 46.4 Å². The third kappa shape index (κ3) is 4.40. The van der Waals surface area contributed by atoms with Crippen LogP contribution < -0.4 is 21.5 Å². The quantitative estimate of drug-likeness (QED) is 0.354. The topological polar surface area (TPSA) is 103 Å². The molecule has 4 N–H and O–H groups in total. The summed E-state index contributed by atoms with van der Waals surface area (Å²) in [7, 11) is 0. The van der Waals surface area contributed by atoms with Crippen molar-refractivity contribution in [3.8, 4) is 0 Å². The van der Waals surface area contributed by atoms with Crippen LogP contribution in [0.3, 0.4) is 0 Å². The van der Waals surface area contributed by atoms with Gasteiger partial charge < -0.3 is 20.9 Å². The fourth-order valence-electron chi connectivity index (χ4n) is 5.89. The molecule has 1 aromatic heterocycles. The molecular formula is C28H27Cl2FN4O3. The van der Waals surface area contributed by atoms with E-state index in [0.29, 0.717) is 22.7 Å². The highest BCUT2D eigenvalue weighted by atomic mass is 35.5. The van der Waals surface area contributed by atoms with Crippen molar-refractivity contribution in [2.75, 3.05) is 10.6 Å². The molecule has 3 aromatic rings. The molecule has 0 radical (unpaired) electrons. The third-order valence-electron chi connectivity index (χ3n) is 7.26. The number of nitrogens with one attached hydrogen (secondary N) is 4. The second-order valence-electron chi connectivity index (χ2n) is 11.0. The van der Waals surface area contributed by atoms with Gasteiger partial charge in [-0.2, -0.15) is 0 Å². The summed E-state index contributed by atoms with van der Waals surface area (Å²) in [5.74, 6) is -2.53. The van der Waals surface area contributed by atoms with E-state index < -0.39 is 35.1 Å². The molecule has 7 nitrogen and oxygen atoms in total. The lowest BCUT2D eigenvalue weighted by Gasteiger charge is -2.37. The zero-order valence-corrected chi connectivity index (χ0v) is 22.5. The Morgan fingerprint density at radius 3 is 2.58 bits per heavy atom. The summed E-state index contributed by atoms with van der Waals surface area (Å²) < 4.78 is 15.7. The van der Waals surface area contributed by atoms with Crippen molar-refractivity contribution in [1.82, 2.24) is 10.3 Å². The zero-order valence-electron chi connectivity index (χ0n) is 21.0. The Hall–Kier alpha value is -3.20. The van der Waals surface area contributed by atoms with E-state index in [4.69, 9.17) is 23.2 Å². The fraction of sp³-hybridized carbons (Fsp3) is 0.321. The van der Waals surface area contributed by atoms with Crippen LogP contribution in [-0.4, -0.2) is 28.9 Å². The van der Waals surface area contributed by atoms with Crippen LogP contribution in [-0.2, 0) is 15.0 Å². The van der Waals surface area contributed by atoms with Gasteiger partial charge in [-0.1, -0.05) is 62.2 Å². The molecule has 4 atom stereocenters. The van der Waals surface area contributed by atoms with Crippen LogP contribution in [0.2, 0.25) is 10.0 Å². The number of rotatable bonds is 4. The van der Waals surface area contributed by atoms with Crippen molar-refractivity contribution in [3.05, 3.63) is 92.1 Å². The first kappa shape index (κ1) is 26.4. The van der Waals surface area contributed by atoms with E-state index in [-0.39, 0.29) is 33.2 Å². The Bertz CT molecular complexity index is 1500. The van der Waals surface area contributed by atoms with Crippen LogP contribution in [0.5, 0.6) is 0 Å². The van der Waals surface area contributed by atoms with Gasteiger partial charge in [0.1, 0.15) is 11.2 Å². The monoisotopic (exact) mass is 556 g/mol. The fourth-order valence-corrected chi connectivity index (χ4v) is 6.25. The number of fused-ring (bicyclic) bond motifs is 2. The maximum Gasteiger partial charge on any atom is 0.249 e. The highest BCUT2D eigenvalue weighted by molar-refractivity contribution is 6.31. The van der Waals surface area contributed by atoms with Crippen molar-refractivity contribution in [1.29, 1.82) is 0 Å². The Kier molecular flexibility index (Phi) is 6.62. The minimum absolute atomic E-state index is 0.111. The molecule has 2 aliphatic heterocycles. The van der Waals surface area contributed by atoms with Crippen LogP contribution in [0.4, 0.5) is 15.8 Å². The van der Waals surface area contributed by atoms with Crippen molar-refractivity contribution in [2.24, 2.45) is 5.41 Å². The molecule has 198 valence electrons. The number of H-pyrrole nitrogens is 1. The minimum atomic E-state index is -1.35. The zero-order chi connectivity index (χ0) is 27.4. The normalized spacial score (nSPS) is 24.4. The summed E-state index contributed by atoms with van der Waals surface area (Å²) in [5.41, 5.74) is -0.420. The largest absolute Gasteiger partial charge is 0.329 e. The smallest absolute Gasteiger partial charge is 0.249 e. The van der Waals surface area contributed by atoms with Crippen molar-refractivity contribution in [3.63, 3.8) is 0 Å². The van der Waals surface area contributed by atoms with Gasteiger partial charge in [-0.25, -0.2) is 4.39 Å².